The van der Waals surface area contributed by atoms with E-state index in [1.165, 1.54) is 10.9 Å². The van der Waals surface area contributed by atoms with Crippen molar-refractivity contribution in [1.29, 1.82) is 0 Å². The van der Waals surface area contributed by atoms with Gasteiger partial charge in [0.25, 0.3) is 0 Å². The summed E-state index contributed by atoms with van der Waals surface area (Å²) < 4.78 is 3.21. The van der Waals surface area contributed by atoms with E-state index >= 15 is 0 Å². The summed E-state index contributed by atoms with van der Waals surface area (Å²) in [6.45, 7) is 4.26. The molecule has 0 saturated heterocycles. The molecule has 1 N–H and O–H groups in total. The normalized spacial score (nSPS) is 10.7. The number of nitrogens with one attached hydrogen (secondary N) is 1. The van der Waals surface area contributed by atoms with Gasteiger partial charge in [0.15, 0.2) is 0 Å². The minimum atomic E-state index is -0.482. The fourth-order valence-electron chi connectivity index (χ4n) is 2.05. The first-order valence-corrected chi connectivity index (χ1v) is 6.81. The number of hydrogen-bond acceptors (Lipinski definition) is 5. The minimum absolute atomic E-state index is 0.0357. The number of aryl methyl sites for hydroxylation is 2. The zero-order valence-electron chi connectivity index (χ0n) is 12.7. The highest BCUT2D eigenvalue weighted by molar-refractivity contribution is 5.75. The van der Waals surface area contributed by atoms with Crippen molar-refractivity contribution in [3.8, 4) is 0 Å². The largest absolute Gasteiger partial charge is 0.352 e. The standard InChI is InChI=1S/C13H18N6O3/c1-9-11(7-15-17(9)3)6-14-13(20)4-5-18-10(2)12(8-16-18)19(21)22/h7-8H,4-6H2,1-3H3,(H,14,20). The van der Waals surface area contributed by atoms with Gasteiger partial charge in [-0.25, -0.2) is 0 Å². The molecule has 2 rings (SSSR count). The zero-order valence-corrected chi connectivity index (χ0v) is 12.7. The first kappa shape index (κ1) is 15.7. The molecule has 9 nitrogen and oxygen atoms in total. The van der Waals surface area contributed by atoms with Crippen molar-refractivity contribution in [3.63, 3.8) is 0 Å². The third kappa shape index (κ3) is 3.30. The van der Waals surface area contributed by atoms with Gasteiger partial charge in [-0.3, -0.25) is 24.3 Å². The summed E-state index contributed by atoms with van der Waals surface area (Å²) in [5, 5.41) is 21.6. The van der Waals surface area contributed by atoms with E-state index in [0.29, 0.717) is 18.8 Å². The van der Waals surface area contributed by atoms with E-state index in [-0.39, 0.29) is 18.0 Å². The molecule has 2 heterocycles. The average molecular weight is 306 g/mol. The van der Waals surface area contributed by atoms with Crippen molar-refractivity contribution in [2.45, 2.75) is 33.4 Å². The molecule has 22 heavy (non-hydrogen) atoms. The Hall–Kier alpha value is -2.71. The molecule has 0 atom stereocenters. The second kappa shape index (κ2) is 6.37. The number of carbonyl (C=O) groups excluding carboxylic acids is 1. The van der Waals surface area contributed by atoms with E-state index in [9.17, 15) is 14.9 Å². The van der Waals surface area contributed by atoms with Crippen molar-refractivity contribution in [3.05, 3.63) is 39.5 Å². The van der Waals surface area contributed by atoms with Crippen molar-refractivity contribution in [2.24, 2.45) is 7.05 Å². The van der Waals surface area contributed by atoms with Crippen LogP contribution < -0.4 is 5.32 Å². The Bertz CT molecular complexity index is 703. The van der Waals surface area contributed by atoms with Gasteiger partial charge >= 0.3 is 5.69 Å². The highest BCUT2D eigenvalue weighted by Crippen LogP contribution is 2.16. The maximum absolute atomic E-state index is 11.8. The van der Waals surface area contributed by atoms with Crippen LogP contribution in [-0.2, 0) is 24.9 Å². The molecule has 0 bridgehead atoms. The maximum Gasteiger partial charge on any atom is 0.309 e. The average Bonchev–Trinajstić information content (AvgIpc) is 2.99. The van der Waals surface area contributed by atoms with Crippen LogP contribution in [-0.4, -0.2) is 30.4 Å². The predicted molar refractivity (Wildman–Crippen MR) is 78.0 cm³/mol. The maximum atomic E-state index is 11.8. The Kier molecular flexibility index (Phi) is 4.54. The van der Waals surface area contributed by atoms with Crippen LogP contribution in [0.3, 0.4) is 0 Å². The van der Waals surface area contributed by atoms with Gasteiger partial charge in [-0.1, -0.05) is 0 Å². The van der Waals surface area contributed by atoms with Gasteiger partial charge in [-0.2, -0.15) is 10.2 Å². The van der Waals surface area contributed by atoms with Crippen LogP contribution in [0.25, 0.3) is 0 Å². The van der Waals surface area contributed by atoms with E-state index in [2.05, 4.69) is 15.5 Å². The Labute approximate surface area is 127 Å². The summed E-state index contributed by atoms with van der Waals surface area (Å²) in [6.07, 6.45) is 3.13. The number of carbonyl (C=O) groups is 1. The van der Waals surface area contributed by atoms with E-state index in [1.54, 1.807) is 17.8 Å². The van der Waals surface area contributed by atoms with Crippen molar-refractivity contribution in [1.82, 2.24) is 24.9 Å². The fraction of sp³-hybridized carbons (Fsp3) is 0.462. The van der Waals surface area contributed by atoms with Crippen molar-refractivity contribution < 1.29 is 9.72 Å². The van der Waals surface area contributed by atoms with Gasteiger partial charge in [0, 0.05) is 31.3 Å². The Morgan fingerprint density at radius 2 is 2.05 bits per heavy atom. The number of hydrogen-bond donors (Lipinski definition) is 1. The molecule has 2 aromatic heterocycles. The van der Waals surface area contributed by atoms with Crippen LogP contribution in [0.5, 0.6) is 0 Å². The van der Waals surface area contributed by atoms with Crippen molar-refractivity contribution in [2.75, 3.05) is 0 Å². The van der Waals surface area contributed by atoms with Gasteiger partial charge in [0.2, 0.25) is 5.91 Å². The fourth-order valence-corrected chi connectivity index (χ4v) is 2.05. The van der Waals surface area contributed by atoms with E-state index in [1.807, 2.05) is 14.0 Å². The first-order valence-electron chi connectivity index (χ1n) is 6.81. The quantitative estimate of drug-likeness (QED) is 0.628. The molecule has 118 valence electrons. The number of amides is 1. The lowest BCUT2D eigenvalue weighted by atomic mass is 10.2. The summed E-state index contributed by atoms with van der Waals surface area (Å²) >= 11 is 0. The number of nitrogens with zero attached hydrogens (tertiary/aromatic N) is 5. The lowest BCUT2D eigenvalue weighted by Crippen LogP contribution is -2.24. The molecule has 0 aromatic carbocycles. The monoisotopic (exact) mass is 306 g/mol. The Morgan fingerprint density at radius 3 is 2.59 bits per heavy atom. The van der Waals surface area contributed by atoms with Gasteiger partial charge < -0.3 is 5.32 Å². The third-order valence-electron chi connectivity index (χ3n) is 3.64. The van der Waals surface area contributed by atoms with Crippen LogP contribution >= 0.6 is 0 Å². The summed E-state index contributed by atoms with van der Waals surface area (Å²) in [5.41, 5.74) is 2.37. The van der Waals surface area contributed by atoms with Crippen molar-refractivity contribution >= 4 is 11.6 Å². The second-order valence-electron chi connectivity index (χ2n) is 5.00. The molecular formula is C13H18N6O3. The molecule has 0 aliphatic rings. The Morgan fingerprint density at radius 1 is 1.32 bits per heavy atom. The minimum Gasteiger partial charge on any atom is -0.352 e. The summed E-state index contributed by atoms with van der Waals surface area (Å²) in [5.74, 6) is -0.138. The highest BCUT2D eigenvalue weighted by Gasteiger charge is 2.16. The van der Waals surface area contributed by atoms with E-state index in [4.69, 9.17) is 0 Å². The van der Waals surface area contributed by atoms with Crippen LogP contribution in [0.4, 0.5) is 5.69 Å². The first-order chi connectivity index (χ1) is 10.4. The third-order valence-corrected chi connectivity index (χ3v) is 3.64. The van der Waals surface area contributed by atoms with E-state index in [0.717, 1.165) is 11.3 Å². The molecule has 2 aromatic rings. The van der Waals surface area contributed by atoms with Gasteiger partial charge in [-0.05, 0) is 13.8 Å². The molecule has 0 spiro atoms. The van der Waals surface area contributed by atoms with Crippen LogP contribution in [0.2, 0.25) is 0 Å². The smallest absolute Gasteiger partial charge is 0.309 e. The lowest BCUT2D eigenvalue weighted by Gasteiger charge is -2.06. The molecule has 0 aliphatic carbocycles. The number of nitro groups is 1. The molecular weight excluding hydrogens is 288 g/mol. The molecule has 0 radical (unpaired) electrons. The molecule has 0 saturated carbocycles. The van der Waals surface area contributed by atoms with E-state index < -0.39 is 4.92 Å². The van der Waals surface area contributed by atoms with Gasteiger partial charge in [0.05, 0.1) is 17.7 Å². The lowest BCUT2D eigenvalue weighted by molar-refractivity contribution is -0.385. The molecule has 0 fully saturated rings. The Balaban J connectivity index is 1.85. The highest BCUT2D eigenvalue weighted by atomic mass is 16.6. The predicted octanol–water partition coefficient (Wildman–Crippen LogP) is 0.848. The summed E-state index contributed by atoms with van der Waals surface area (Å²) in [7, 11) is 1.84. The van der Waals surface area contributed by atoms with Crippen LogP contribution in [0.1, 0.15) is 23.4 Å². The molecule has 1 amide bonds. The number of aromatic nitrogens is 4. The zero-order chi connectivity index (χ0) is 16.3. The van der Waals surface area contributed by atoms with Crippen LogP contribution in [0, 0.1) is 24.0 Å². The topological polar surface area (TPSA) is 108 Å². The summed E-state index contributed by atoms with van der Waals surface area (Å²) in [4.78, 5) is 22.1. The molecule has 0 unspecified atom stereocenters. The molecule has 0 aliphatic heterocycles. The number of rotatable bonds is 6. The van der Waals surface area contributed by atoms with Gasteiger partial charge in [-0.15, -0.1) is 0 Å². The molecule has 9 heteroatoms. The second-order valence-corrected chi connectivity index (χ2v) is 5.00. The van der Waals surface area contributed by atoms with Crippen LogP contribution in [0.15, 0.2) is 12.4 Å². The summed E-state index contributed by atoms with van der Waals surface area (Å²) in [6, 6.07) is 0. The van der Waals surface area contributed by atoms with Gasteiger partial charge in [0.1, 0.15) is 11.9 Å². The SMILES string of the molecule is Cc1c(CNC(=O)CCn2ncc([N+](=O)[O-])c2C)cnn1C.